The third kappa shape index (κ3) is 1.31. The van der Waals surface area contributed by atoms with Gasteiger partial charge in [-0.15, -0.1) is 10.2 Å². The molecule has 1 aliphatic heterocycles. The second-order valence-corrected chi connectivity index (χ2v) is 5.49. The van der Waals surface area contributed by atoms with E-state index in [1.807, 2.05) is 0 Å². The molecule has 1 saturated carbocycles. The molecule has 82 valence electrons. The smallest absolute Gasteiger partial charge is 0.149 e. The Kier molecular flexibility index (Phi) is 1.75. The Balaban J connectivity index is 1.98. The summed E-state index contributed by atoms with van der Waals surface area (Å²) in [5, 5.41) is 12.1. The zero-order chi connectivity index (χ0) is 10.6. The second kappa shape index (κ2) is 2.82. The Morgan fingerprint density at radius 3 is 2.67 bits per heavy atom. The van der Waals surface area contributed by atoms with Gasteiger partial charge < -0.3 is 9.88 Å². The van der Waals surface area contributed by atoms with Crippen molar-refractivity contribution < 1.29 is 0 Å². The molecule has 1 aliphatic carbocycles. The lowest BCUT2D eigenvalue weighted by Crippen LogP contribution is -2.32. The van der Waals surface area contributed by atoms with Crippen molar-refractivity contribution in [3.63, 3.8) is 0 Å². The molecule has 0 saturated heterocycles. The van der Waals surface area contributed by atoms with Crippen LogP contribution in [0.1, 0.15) is 50.8 Å². The maximum Gasteiger partial charge on any atom is 0.149 e. The van der Waals surface area contributed by atoms with Crippen molar-refractivity contribution in [3.05, 3.63) is 11.6 Å². The Morgan fingerprint density at radius 2 is 2.00 bits per heavy atom. The Bertz CT molecular complexity index is 393. The highest BCUT2D eigenvalue weighted by Crippen LogP contribution is 2.58. The van der Waals surface area contributed by atoms with Gasteiger partial charge in [-0.2, -0.15) is 0 Å². The molecule has 0 bridgehead atoms. The average Bonchev–Trinajstić information content (AvgIpc) is 2.62. The van der Waals surface area contributed by atoms with E-state index in [0.717, 1.165) is 18.9 Å². The zero-order valence-electron chi connectivity index (χ0n) is 9.62. The van der Waals surface area contributed by atoms with Gasteiger partial charge in [0, 0.05) is 19.0 Å². The molecule has 1 fully saturated rings. The fraction of sp³-hybridized carbons (Fsp3) is 0.818. The summed E-state index contributed by atoms with van der Waals surface area (Å²) in [4.78, 5) is 0. The minimum atomic E-state index is 0.349. The molecule has 4 heteroatoms. The minimum absolute atomic E-state index is 0.349. The third-order valence-corrected chi connectivity index (χ3v) is 3.81. The Labute approximate surface area is 90.1 Å². The fourth-order valence-electron chi connectivity index (χ4n) is 2.53. The van der Waals surface area contributed by atoms with Gasteiger partial charge in [0.2, 0.25) is 0 Å². The maximum atomic E-state index is 4.38. The molecule has 4 nitrogen and oxygen atoms in total. The van der Waals surface area contributed by atoms with Crippen LogP contribution in [0.25, 0.3) is 0 Å². The minimum Gasteiger partial charge on any atom is -0.312 e. The number of hydrogen-bond donors (Lipinski definition) is 1. The van der Waals surface area contributed by atoms with Gasteiger partial charge >= 0.3 is 0 Å². The van der Waals surface area contributed by atoms with Crippen LogP contribution in [0.4, 0.5) is 0 Å². The molecule has 0 spiro atoms. The van der Waals surface area contributed by atoms with E-state index in [-0.39, 0.29) is 0 Å². The zero-order valence-corrected chi connectivity index (χ0v) is 9.62. The van der Waals surface area contributed by atoms with Crippen molar-refractivity contribution in [2.24, 2.45) is 5.41 Å². The summed E-state index contributed by atoms with van der Waals surface area (Å²) >= 11 is 0. The first-order valence-corrected chi connectivity index (χ1v) is 5.76. The van der Waals surface area contributed by atoms with Gasteiger partial charge in [0.05, 0.1) is 6.04 Å². The fourth-order valence-corrected chi connectivity index (χ4v) is 2.53. The normalized spacial score (nSPS) is 32.5. The van der Waals surface area contributed by atoms with Crippen LogP contribution in [0.5, 0.6) is 0 Å². The van der Waals surface area contributed by atoms with Crippen LogP contribution >= 0.6 is 0 Å². The van der Waals surface area contributed by atoms with Crippen LogP contribution in [0, 0.1) is 5.41 Å². The number of nitrogens with zero attached hydrogens (tertiary/aromatic N) is 3. The van der Waals surface area contributed by atoms with Crippen LogP contribution in [0.15, 0.2) is 0 Å². The first-order chi connectivity index (χ1) is 7.09. The molecule has 0 radical (unpaired) electrons. The highest BCUT2D eigenvalue weighted by Gasteiger charge is 2.50. The van der Waals surface area contributed by atoms with E-state index in [4.69, 9.17) is 0 Å². The Hall–Kier alpha value is -0.900. The predicted octanol–water partition coefficient (Wildman–Crippen LogP) is 1.46. The predicted molar refractivity (Wildman–Crippen MR) is 57.6 cm³/mol. The van der Waals surface area contributed by atoms with Crippen molar-refractivity contribution in [1.82, 2.24) is 20.1 Å². The highest BCUT2D eigenvalue weighted by atomic mass is 15.3. The average molecular weight is 206 g/mol. The van der Waals surface area contributed by atoms with Crippen LogP contribution in [0.2, 0.25) is 0 Å². The van der Waals surface area contributed by atoms with Crippen molar-refractivity contribution >= 4 is 0 Å². The summed E-state index contributed by atoms with van der Waals surface area (Å²) in [6.07, 6.45) is 1.26. The molecular weight excluding hydrogens is 188 g/mol. The van der Waals surface area contributed by atoms with Gasteiger partial charge in [0.25, 0.3) is 0 Å². The van der Waals surface area contributed by atoms with Crippen LogP contribution in [0.3, 0.4) is 0 Å². The van der Waals surface area contributed by atoms with E-state index in [9.17, 15) is 0 Å². The summed E-state index contributed by atoms with van der Waals surface area (Å²) in [5.41, 5.74) is 0.442. The van der Waals surface area contributed by atoms with Gasteiger partial charge in [-0.3, -0.25) is 0 Å². The van der Waals surface area contributed by atoms with E-state index in [0.29, 0.717) is 17.4 Å². The number of aromatic nitrogens is 3. The number of fused-ring (bicyclic) bond motifs is 1. The number of hydrogen-bond acceptors (Lipinski definition) is 3. The van der Waals surface area contributed by atoms with E-state index < -0.39 is 0 Å². The maximum absolute atomic E-state index is 4.38. The van der Waals surface area contributed by atoms with E-state index in [2.05, 4.69) is 40.9 Å². The molecule has 2 heterocycles. The first-order valence-electron chi connectivity index (χ1n) is 5.76. The van der Waals surface area contributed by atoms with Crippen molar-refractivity contribution in [1.29, 1.82) is 0 Å². The molecule has 1 aromatic heterocycles. The Morgan fingerprint density at radius 1 is 1.33 bits per heavy atom. The van der Waals surface area contributed by atoms with Crippen molar-refractivity contribution in [2.75, 3.05) is 6.54 Å². The molecule has 1 N–H and O–H groups in total. The van der Waals surface area contributed by atoms with Crippen LogP contribution in [-0.4, -0.2) is 21.3 Å². The van der Waals surface area contributed by atoms with Gasteiger partial charge in [0.15, 0.2) is 0 Å². The molecule has 3 rings (SSSR count). The van der Waals surface area contributed by atoms with E-state index in [1.165, 1.54) is 12.2 Å². The van der Waals surface area contributed by atoms with Crippen molar-refractivity contribution in [2.45, 2.75) is 45.7 Å². The SMILES string of the molecule is CC1NCCn2c1nnc2C1CC1(C)C. The first kappa shape index (κ1) is 9.33. The lowest BCUT2D eigenvalue weighted by atomic mass is 10.1. The number of rotatable bonds is 1. The molecule has 2 aliphatic rings. The van der Waals surface area contributed by atoms with Crippen LogP contribution < -0.4 is 5.32 Å². The summed E-state index contributed by atoms with van der Waals surface area (Å²) in [7, 11) is 0. The molecule has 0 amide bonds. The monoisotopic (exact) mass is 206 g/mol. The second-order valence-electron chi connectivity index (χ2n) is 5.49. The van der Waals surface area contributed by atoms with E-state index in [1.54, 1.807) is 0 Å². The summed E-state index contributed by atoms with van der Waals surface area (Å²) in [6, 6.07) is 0.349. The molecule has 1 aromatic rings. The van der Waals surface area contributed by atoms with Crippen molar-refractivity contribution in [3.8, 4) is 0 Å². The summed E-state index contributed by atoms with van der Waals surface area (Å²) in [5.74, 6) is 2.95. The summed E-state index contributed by atoms with van der Waals surface area (Å²) < 4.78 is 2.32. The molecule has 2 unspecified atom stereocenters. The van der Waals surface area contributed by atoms with Gasteiger partial charge in [0.1, 0.15) is 11.6 Å². The van der Waals surface area contributed by atoms with Gasteiger partial charge in [-0.05, 0) is 18.8 Å². The third-order valence-electron chi connectivity index (χ3n) is 3.81. The topological polar surface area (TPSA) is 42.7 Å². The molecule has 15 heavy (non-hydrogen) atoms. The molecule has 0 aromatic carbocycles. The van der Waals surface area contributed by atoms with Gasteiger partial charge in [-0.1, -0.05) is 13.8 Å². The molecular formula is C11H18N4. The quantitative estimate of drug-likeness (QED) is 0.756. The lowest BCUT2D eigenvalue weighted by molar-refractivity contribution is 0.426. The largest absolute Gasteiger partial charge is 0.312 e. The van der Waals surface area contributed by atoms with E-state index >= 15 is 0 Å². The number of nitrogens with one attached hydrogen (secondary N) is 1. The highest BCUT2D eigenvalue weighted by molar-refractivity contribution is 5.18. The van der Waals surface area contributed by atoms with Crippen LogP contribution in [-0.2, 0) is 6.54 Å². The van der Waals surface area contributed by atoms with Gasteiger partial charge in [-0.25, -0.2) is 0 Å². The molecule has 2 atom stereocenters. The lowest BCUT2D eigenvalue weighted by Gasteiger charge is -2.22. The summed E-state index contributed by atoms with van der Waals surface area (Å²) in [6.45, 7) is 8.83. The standard InChI is InChI=1S/C11H18N4/c1-7-9-13-14-10(8-6-11(8,2)3)15(9)5-4-12-7/h7-8,12H,4-6H2,1-3H3.